The molecule has 0 aliphatic rings. The van der Waals surface area contributed by atoms with Gasteiger partial charge in [-0.3, -0.25) is 5.10 Å². The molecule has 0 unspecified atom stereocenters. The molecule has 0 fully saturated rings. The van der Waals surface area contributed by atoms with Crippen molar-refractivity contribution in [1.29, 1.82) is 0 Å². The van der Waals surface area contributed by atoms with Gasteiger partial charge in [-0.25, -0.2) is 9.97 Å². The number of nitrogens with one attached hydrogen (secondary N) is 1. The Bertz CT molecular complexity index is 608. The molecule has 2 rings (SSSR count). The van der Waals surface area contributed by atoms with E-state index >= 15 is 0 Å². The monoisotopic (exact) mass is 287 g/mol. The number of nitrogens with zero attached hydrogens (tertiary/aromatic N) is 3. The third-order valence-electron chi connectivity index (χ3n) is 2.33. The highest BCUT2D eigenvalue weighted by atomic mass is 15.2. The Hall–Kier alpha value is -2.43. The van der Waals surface area contributed by atoms with Gasteiger partial charge in [0.1, 0.15) is 12.1 Å². The second-order valence-electron chi connectivity index (χ2n) is 3.71. The lowest BCUT2D eigenvalue weighted by Gasteiger charge is -1.99. The van der Waals surface area contributed by atoms with Crippen molar-refractivity contribution in [3.63, 3.8) is 0 Å². The topological polar surface area (TPSA) is 80.5 Å². The van der Waals surface area contributed by atoms with E-state index in [0.29, 0.717) is 11.5 Å². The molecule has 5 nitrogen and oxygen atoms in total. The first-order valence-corrected chi connectivity index (χ1v) is 7.00. The molecule has 5 heteroatoms. The maximum Gasteiger partial charge on any atom is 0.186 e. The van der Waals surface area contributed by atoms with E-state index in [9.17, 15) is 0 Å². The first-order chi connectivity index (χ1) is 10.2. The SMILES string of the molecule is C/C=C\C(=C/C)c1[nH]nc2ncnc(N)c12.C=CC.CC. The van der Waals surface area contributed by atoms with Crippen molar-refractivity contribution in [1.82, 2.24) is 20.2 Å². The van der Waals surface area contributed by atoms with Crippen LogP contribution in [0.25, 0.3) is 16.6 Å². The van der Waals surface area contributed by atoms with Crippen LogP contribution in [0.5, 0.6) is 0 Å². The van der Waals surface area contributed by atoms with Crippen molar-refractivity contribution >= 4 is 22.4 Å². The van der Waals surface area contributed by atoms with Gasteiger partial charge in [0, 0.05) is 0 Å². The normalized spacial score (nSPS) is 10.6. The predicted molar refractivity (Wildman–Crippen MR) is 91.8 cm³/mol. The summed E-state index contributed by atoms with van der Waals surface area (Å²) in [5.74, 6) is 0.442. The molecule has 0 saturated heterocycles. The molecule has 2 aromatic heterocycles. The van der Waals surface area contributed by atoms with Crippen LogP contribution in [0.2, 0.25) is 0 Å². The molecule has 0 radical (unpaired) electrons. The van der Waals surface area contributed by atoms with Crippen LogP contribution >= 0.6 is 0 Å². The zero-order valence-electron chi connectivity index (χ0n) is 13.5. The number of nitrogen functional groups attached to an aromatic ring is 1. The first-order valence-electron chi connectivity index (χ1n) is 7.00. The van der Waals surface area contributed by atoms with E-state index in [1.165, 1.54) is 6.33 Å². The van der Waals surface area contributed by atoms with E-state index in [2.05, 4.69) is 26.7 Å². The lowest BCUT2D eigenvalue weighted by atomic mass is 10.1. The zero-order chi connectivity index (χ0) is 16.3. The molecule has 0 saturated carbocycles. The first kappa shape index (κ1) is 18.6. The summed E-state index contributed by atoms with van der Waals surface area (Å²) in [6.07, 6.45) is 9.09. The molecule has 3 N–H and O–H groups in total. The summed E-state index contributed by atoms with van der Waals surface area (Å²) in [6, 6.07) is 0. The molecule has 0 bridgehead atoms. The summed E-state index contributed by atoms with van der Waals surface area (Å²) in [7, 11) is 0. The lowest BCUT2D eigenvalue weighted by Crippen LogP contribution is -1.93. The fourth-order valence-electron chi connectivity index (χ4n) is 1.59. The Morgan fingerprint density at radius 1 is 1.24 bits per heavy atom. The third kappa shape index (κ3) is 4.87. The van der Waals surface area contributed by atoms with Crippen molar-refractivity contribution < 1.29 is 0 Å². The van der Waals surface area contributed by atoms with Crippen molar-refractivity contribution in [2.75, 3.05) is 5.73 Å². The fraction of sp³-hybridized carbons (Fsp3) is 0.312. The standard InChI is InChI=1S/C11H13N5.C3H6.C2H6/c1-3-5-7(4-2)9-8-10(12)13-6-14-11(8)16-15-9;1-3-2;1-2/h3-6H,1-2H3,(H3,12,13,14,15,16);3H,1H2,2H3;1-2H3/b5-3-,7-4+;;. The van der Waals surface area contributed by atoms with Crippen LogP contribution in [-0.4, -0.2) is 20.2 Å². The van der Waals surface area contributed by atoms with Gasteiger partial charge >= 0.3 is 0 Å². The summed E-state index contributed by atoms with van der Waals surface area (Å²) >= 11 is 0. The summed E-state index contributed by atoms with van der Waals surface area (Å²) in [5, 5.41) is 7.81. The maximum atomic E-state index is 5.83. The smallest absolute Gasteiger partial charge is 0.186 e. The molecule has 21 heavy (non-hydrogen) atoms. The van der Waals surface area contributed by atoms with E-state index in [-0.39, 0.29) is 0 Å². The van der Waals surface area contributed by atoms with Gasteiger partial charge in [-0.05, 0) is 26.3 Å². The Morgan fingerprint density at radius 3 is 2.38 bits per heavy atom. The van der Waals surface area contributed by atoms with Crippen molar-refractivity contribution in [3.8, 4) is 0 Å². The van der Waals surface area contributed by atoms with Crippen LogP contribution in [0.1, 0.15) is 40.3 Å². The maximum absolute atomic E-state index is 5.83. The van der Waals surface area contributed by atoms with E-state index < -0.39 is 0 Å². The largest absolute Gasteiger partial charge is 0.383 e. The van der Waals surface area contributed by atoms with Crippen LogP contribution < -0.4 is 5.73 Å². The van der Waals surface area contributed by atoms with Gasteiger partial charge in [0.25, 0.3) is 0 Å². The van der Waals surface area contributed by atoms with Crippen LogP contribution in [0.4, 0.5) is 5.82 Å². The summed E-state index contributed by atoms with van der Waals surface area (Å²) < 4.78 is 0. The number of aromatic amines is 1. The second-order valence-corrected chi connectivity index (χ2v) is 3.71. The van der Waals surface area contributed by atoms with Gasteiger partial charge in [0.2, 0.25) is 0 Å². The molecule has 0 aliphatic carbocycles. The number of allylic oxidation sites excluding steroid dienone is 5. The molecular formula is C16H25N5. The molecule has 0 aromatic carbocycles. The van der Waals surface area contributed by atoms with Crippen LogP contribution in [0, 0.1) is 0 Å². The number of rotatable bonds is 2. The van der Waals surface area contributed by atoms with Crippen LogP contribution in [0.15, 0.2) is 37.2 Å². The second kappa shape index (κ2) is 10.4. The van der Waals surface area contributed by atoms with Gasteiger partial charge in [0.15, 0.2) is 5.65 Å². The quantitative estimate of drug-likeness (QED) is 0.642. The Morgan fingerprint density at radius 2 is 1.86 bits per heavy atom. The minimum Gasteiger partial charge on any atom is -0.383 e. The molecule has 0 atom stereocenters. The number of hydrogen-bond acceptors (Lipinski definition) is 4. The molecule has 0 amide bonds. The van der Waals surface area contributed by atoms with Crippen molar-refractivity contribution in [2.24, 2.45) is 0 Å². The molecule has 2 aromatic rings. The van der Waals surface area contributed by atoms with E-state index in [1.807, 2.05) is 52.8 Å². The highest BCUT2D eigenvalue weighted by Gasteiger charge is 2.11. The van der Waals surface area contributed by atoms with Gasteiger partial charge in [-0.1, -0.05) is 38.2 Å². The van der Waals surface area contributed by atoms with E-state index in [4.69, 9.17) is 5.73 Å². The number of H-pyrrole nitrogens is 1. The molecular weight excluding hydrogens is 262 g/mol. The number of anilines is 1. The van der Waals surface area contributed by atoms with Crippen molar-refractivity contribution in [2.45, 2.75) is 34.6 Å². The average molecular weight is 287 g/mol. The number of fused-ring (bicyclic) bond motifs is 1. The highest BCUT2D eigenvalue weighted by Crippen LogP contribution is 2.25. The van der Waals surface area contributed by atoms with E-state index in [1.54, 1.807) is 6.08 Å². The Kier molecular flexibility index (Phi) is 9.17. The third-order valence-corrected chi connectivity index (χ3v) is 2.33. The lowest BCUT2D eigenvalue weighted by molar-refractivity contribution is 1.08. The molecule has 114 valence electrons. The molecule has 2 heterocycles. The predicted octanol–water partition coefficient (Wildman–Crippen LogP) is 4.13. The average Bonchev–Trinajstić information content (AvgIpc) is 2.93. The zero-order valence-corrected chi connectivity index (χ0v) is 13.5. The van der Waals surface area contributed by atoms with Gasteiger partial charge < -0.3 is 5.73 Å². The minimum absolute atomic E-state index is 0.442. The molecule has 0 spiro atoms. The van der Waals surface area contributed by atoms with Crippen LogP contribution in [-0.2, 0) is 0 Å². The highest BCUT2D eigenvalue weighted by molar-refractivity contribution is 5.96. The Labute approximate surface area is 126 Å². The van der Waals surface area contributed by atoms with Gasteiger partial charge in [-0.2, -0.15) is 5.10 Å². The Balaban J connectivity index is 0.000000713. The summed E-state index contributed by atoms with van der Waals surface area (Å²) in [6.45, 7) is 13.2. The van der Waals surface area contributed by atoms with Crippen LogP contribution in [0.3, 0.4) is 0 Å². The van der Waals surface area contributed by atoms with Crippen molar-refractivity contribution in [3.05, 3.63) is 42.9 Å². The van der Waals surface area contributed by atoms with Gasteiger partial charge in [0.05, 0.1) is 11.1 Å². The summed E-state index contributed by atoms with van der Waals surface area (Å²) in [5.41, 5.74) is 8.29. The fourth-order valence-corrected chi connectivity index (χ4v) is 1.59. The number of nitrogens with two attached hydrogens (primary N) is 1. The minimum atomic E-state index is 0.442. The summed E-state index contributed by atoms with van der Waals surface area (Å²) in [4.78, 5) is 8.03. The molecule has 0 aliphatic heterocycles. The van der Waals surface area contributed by atoms with Gasteiger partial charge in [-0.15, -0.1) is 6.58 Å². The number of aromatic nitrogens is 4. The van der Waals surface area contributed by atoms with E-state index in [0.717, 1.165) is 16.7 Å². The number of hydrogen-bond donors (Lipinski definition) is 2.